The van der Waals surface area contributed by atoms with Crippen molar-refractivity contribution in [3.8, 4) is 16.9 Å². The minimum Gasteiger partial charge on any atom is -0.488 e. The smallest absolute Gasteiger partial charge is 0.307 e. The third-order valence-electron chi connectivity index (χ3n) is 6.87. The van der Waals surface area contributed by atoms with Gasteiger partial charge in [0.15, 0.2) is 0 Å². The van der Waals surface area contributed by atoms with Crippen molar-refractivity contribution in [3.63, 3.8) is 0 Å². The topological polar surface area (TPSA) is 94.9 Å². The molecule has 0 amide bonds. The minimum absolute atomic E-state index is 0.0841. The van der Waals surface area contributed by atoms with Gasteiger partial charge in [0.1, 0.15) is 17.9 Å². The standard InChI is InChI=1S/C30H31NO5/c31-17-21-4-3-6-22(13-21)24-14-25(12-20-8-10-34-11-9-20)30-27(15-24)26(19-36-30)18-35-28-7-2-1-5-23(28)16-29(32)33/h1-7,13-15,19-20H,8-12,16-18,31H2,(H,32,33). The van der Waals surface area contributed by atoms with Gasteiger partial charge in [0, 0.05) is 36.3 Å². The number of furan rings is 1. The fraction of sp³-hybridized carbons (Fsp3) is 0.300. The molecule has 3 aromatic carbocycles. The van der Waals surface area contributed by atoms with E-state index in [-0.39, 0.29) is 13.0 Å². The monoisotopic (exact) mass is 485 g/mol. The summed E-state index contributed by atoms with van der Waals surface area (Å²) in [6, 6.07) is 20.0. The molecular weight excluding hydrogens is 454 g/mol. The molecule has 0 saturated carbocycles. The molecule has 1 saturated heterocycles. The first-order valence-electron chi connectivity index (χ1n) is 12.4. The number of carboxylic acids is 1. The van der Waals surface area contributed by atoms with Gasteiger partial charge in [-0.15, -0.1) is 0 Å². The minimum atomic E-state index is -0.887. The van der Waals surface area contributed by atoms with E-state index < -0.39 is 5.97 Å². The van der Waals surface area contributed by atoms with Crippen LogP contribution in [-0.2, 0) is 35.5 Å². The number of fused-ring (bicyclic) bond motifs is 1. The van der Waals surface area contributed by atoms with Gasteiger partial charge in [-0.05, 0) is 71.7 Å². The Balaban J connectivity index is 1.50. The largest absolute Gasteiger partial charge is 0.488 e. The summed E-state index contributed by atoms with van der Waals surface area (Å²) < 4.78 is 17.8. The van der Waals surface area contributed by atoms with E-state index in [0.29, 0.717) is 23.8 Å². The van der Waals surface area contributed by atoms with E-state index in [9.17, 15) is 9.90 Å². The Labute approximate surface area is 210 Å². The normalized spacial score (nSPS) is 14.2. The summed E-state index contributed by atoms with van der Waals surface area (Å²) in [5.74, 6) is 0.241. The fourth-order valence-corrected chi connectivity index (χ4v) is 4.94. The molecule has 1 fully saturated rings. The number of hydrogen-bond donors (Lipinski definition) is 2. The molecule has 0 bridgehead atoms. The van der Waals surface area contributed by atoms with Crippen LogP contribution in [-0.4, -0.2) is 24.3 Å². The molecule has 0 unspecified atom stereocenters. The lowest BCUT2D eigenvalue weighted by molar-refractivity contribution is -0.136. The molecule has 0 atom stereocenters. The Morgan fingerprint density at radius 3 is 2.61 bits per heavy atom. The highest BCUT2D eigenvalue weighted by atomic mass is 16.5. The van der Waals surface area contributed by atoms with Crippen molar-refractivity contribution in [3.05, 3.63) is 89.2 Å². The summed E-state index contributed by atoms with van der Waals surface area (Å²) in [6.45, 7) is 2.39. The van der Waals surface area contributed by atoms with Crippen LogP contribution in [0.25, 0.3) is 22.1 Å². The molecule has 6 nitrogen and oxygen atoms in total. The van der Waals surface area contributed by atoms with Gasteiger partial charge < -0.3 is 24.7 Å². The second-order valence-corrected chi connectivity index (χ2v) is 9.40. The molecular formula is C30H31NO5. The number of para-hydroxylation sites is 1. The maximum atomic E-state index is 11.3. The molecule has 0 radical (unpaired) electrons. The maximum Gasteiger partial charge on any atom is 0.307 e. The molecule has 1 aliphatic rings. The van der Waals surface area contributed by atoms with Gasteiger partial charge in [0.2, 0.25) is 0 Å². The molecule has 5 rings (SSSR count). The number of benzene rings is 3. The van der Waals surface area contributed by atoms with E-state index in [2.05, 4.69) is 24.3 Å². The quantitative estimate of drug-likeness (QED) is 0.314. The van der Waals surface area contributed by atoms with Crippen LogP contribution < -0.4 is 10.5 Å². The first kappa shape index (κ1) is 24.1. The number of aliphatic carboxylic acids is 1. The van der Waals surface area contributed by atoms with Crippen molar-refractivity contribution in [1.82, 2.24) is 0 Å². The van der Waals surface area contributed by atoms with Crippen LogP contribution in [0.15, 0.2) is 71.3 Å². The molecule has 6 heteroatoms. The van der Waals surface area contributed by atoms with Crippen molar-refractivity contribution in [2.75, 3.05) is 13.2 Å². The number of hydrogen-bond acceptors (Lipinski definition) is 5. The van der Waals surface area contributed by atoms with Gasteiger partial charge in [0.05, 0.1) is 12.7 Å². The highest BCUT2D eigenvalue weighted by molar-refractivity contribution is 5.89. The van der Waals surface area contributed by atoms with E-state index in [0.717, 1.165) is 65.7 Å². The summed E-state index contributed by atoms with van der Waals surface area (Å²) >= 11 is 0. The Hall–Kier alpha value is -3.61. The maximum absolute atomic E-state index is 11.3. The number of carbonyl (C=O) groups is 1. The highest BCUT2D eigenvalue weighted by Gasteiger charge is 2.20. The van der Waals surface area contributed by atoms with Gasteiger partial charge in [0.25, 0.3) is 0 Å². The lowest BCUT2D eigenvalue weighted by Gasteiger charge is -2.22. The van der Waals surface area contributed by atoms with Crippen LogP contribution >= 0.6 is 0 Å². The zero-order valence-corrected chi connectivity index (χ0v) is 20.2. The van der Waals surface area contributed by atoms with E-state index in [1.807, 2.05) is 24.3 Å². The Morgan fingerprint density at radius 2 is 1.81 bits per heavy atom. The Bertz CT molecular complexity index is 1350. The second kappa shape index (κ2) is 11.0. The number of ether oxygens (including phenoxy) is 2. The molecule has 186 valence electrons. The zero-order chi connectivity index (χ0) is 24.9. The van der Waals surface area contributed by atoms with Crippen molar-refractivity contribution in [1.29, 1.82) is 0 Å². The van der Waals surface area contributed by atoms with Crippen LogP contribution in [0.3, 0.4) is 0 Å². The van der Waals surface area contributed by atoms with Crippen LogP contribution in [0.2, 0.25) is 0 Å². The molecule has 1 aliphatic heterocycles. The van der Waals surface area contributed by atoms with Crippen molar-refractivity contribution in [2.24, 2.45) is 11.7 Å². The fourth-order valence-electron chi connectivity index (χ4n) is 4.94. The third kappa shape index (κ3) is 5.45. The molecule has 0 spiro atoms. The average Bonchev–Trinajstić information content (AvgIpc) is 3.32. The molecule has 1 aromatic heterocycles. The summed E-state index contributed by atoms with van der Waals surface area (Å²) in [6.07, 6.45) is 4.70. The van der Waals surface area contributed by atoms with E-state index >= 15 is 0 Å². The summed E-state index contributed by atoms with van der Waals surface area (Å²) in [5.41, 5.74) is 12.9. The predicted molar refractivity (Wildman–Crippen MR) is 139 cm³/mol. The van der Waals surface area contributed by atoms with E-state index in [1.54, 1.807) is 18.4 Å². The highest BCUT2D eigenvalue weighted by Crippen LogP contribution is 2.35. The lowest BCUT2D eigenvalue weighted by atomic mass is 9.89. The van der Waals surface area contributed by atoms with Crippen LogP contribution in [0.1, 0.15) is 35.1 Å². The van der Waals surface area contributed by atoms with E-state index in [1.165, 1.54) is 5.56 Å². The number of nitrogens with two attached hydrogens (primary N) is 1. The van der Waals surface area contributed by atoms with Crippen molar-refractivity contribution < 1.29 is 23.8 Å². The molecule has 36 heavy (non-hydrogen) atoms. The number of rotatable bonds is 9. The van der Waals surface area contributed by atoms with Gasteiger partial charge in [-0.1, -0.05) is 36.4 Å². The average molecular weight is 486 g/mol. The first-order valence-corrected chi connectivity index (χ1v) is 12.4. The first-order chi connectivity index (χ1) is 17.6. The van der Waals surface area contributed by atoms with Crippen LogP contribution in [0.4, 0.5) is 0 Å². The lowest BCUT2D eigenvalue weighted by Crippen LogP contribution is -2.17. The van der Waals surface area contributed by atoms with Crippen molar-refractivity contribution >= 4 is 16.9 Å². The number of carboxylic acid groups (broad SMARTS) is 1. The van der Waals surface area contributed by atoms with Gasteiger partial charge in [-0.3, -0.25) is 4.79 Å². The molecule has 3 N–H and O–H groups in total. The second-order valence-electron chi connectivity index (χ2n) is 9.40. The third-order valence-corrected chi connectivity index (χ3v) is 6.87. The summed E-state index contributed by atoms with van der Waals surface area (Å²) in [7, 11) is 0. The van der Waals surface area contributed by atoms with Crippen LogP contribution in [0, 0.1) is 5.92 Å². The Morgan fingerprint density at radius 1 is 0.972 bits per heavy atom. The predicted octanol–water partition coefficient (Wildman–Crippen LogP) is 5.73. The van der Waals surface area contributed by atoms with Gasteiger partial charge in [-0.2, -0.15) is 0 Å². The summed E-state index contributed by atoms with van der Waals surface area (Å²) in [5, 5.41) is 10.3. The molecule has 2 heterocycles. The SMILES string of the molecule is NCc1cccc(-c2cc(CC3CCOCC3)c3occ(COc4ccccc4CC(=O)O)c3c2)c1. The van der Waals surface area contributed by atoms with E-state index in [4.69, 9.17) is 19.6 Å². The Kier molecular flexibility index (Phi) is 7.35. The zero-order valence-electron chi connectivity index (χ0n) is 20.2. The molecule has 0 aliphatic carbocycles. The molecule has 4 aromatic rings. The van der Waals surface area contributed by atoms with Gasteiger partial charge in [-0.25, -0.2) is 0 Å². The van der Waals surface area contributed by atoms with Crippen LogP contribution in [0.5, 0.6) is 5.75 Å². The summed E-state index contributed by atoms with van der Waals surface area (Å²) in [4.78, 5) is 11.3. The van der Waals surface area contributed by atoms with Gasteiger partial charge >= 0.3 is 5.97 Å². The van der Waals surface area contributed by atoms with Crippen molar-refractivity contribution in [2.45, 2.75) is 38.8 Å².